The van der Waals surface area contributed by atoms with Crippen molar-refractivity contribution in [1.29, 1.82) is 0 Å². The van der Waals surface area contributed by atoms with E-state index in [1.54, 1.807) is 18.2 Å². The van der Waals surface area contributed by atoms with Crippen LogP contribution in [0.5, 0.6) is 5.75 Å². The maximum absolute atomic E-state index is 12.2. The minimum absolute atomic E-state index is 0.105. The molecule has 5 nitrogen and oxygen atoms in total. The van der Waals surface area contributed by atoms with Crippen LogP contribution in [-0.4, -0.2) is 10.9 Å². The number of oxazole rings is 1. The van der Waals surface area contributed by atoms with E-state index >= 15 is 0 Å². The summed E-state index contributed by atoms with van der Waals surface area (Å²) in [6.45, 7) is 3.67. The largest absolute Gasteiger partial charge is 0.573 e. The van der Waals surface area contributed by atoms with Crippen molar-refractivity contribution < 1.29 is 22.3 Å². The Kier molecular flexibility index (Phi) is 4.03. The topological polar surface area (TPSA) is 70.4 Å². The lowest BCUT2D eigenvalue weighted by molar-refractivity contribution is -0.274. The van der Waals surface area contributed by atoms with Gasteiger partial charge < -0.3 is 14.9 Å². The molecule has 0 radical (unpaired) electrons. The highest BCUT2D eigenvalue weighted by atomic mass is 19.4. The van der Waals surface area contributed by atoms with Gasteiger partial charge in [0.1, 0.15) is 5.75 Å². The van der Waals surface area contributed by atoms with Crippen molar-refractivity contribution in [2.24, 2.45) is 5.73 Å². The van der Waals surface area contributed by atoms with Crippen LogP contribution in [0, 0.1) is 0 Å². The lowest BCUT2D eigenvalue weighted by atomic mass is 10.1. The van der Waals surface area contributed by atoms with Gasteiger partial charge in [0.2, 0.25) is 0 Å². The minimum atomic E-state index is -4.74. The molecule has 3 aromatic rings. The van der Waals surface area contributed by atoms with Gasteiger partial charge in [-0.15, -0.1) is 13.2 Å². The van der Waals surface area contributed by atoms with E-state index in [1.165, 1.54) is 28.8 Å². The van der Waals surface area contributed by atoms with E-state index in [1.807, 2.05) is 0 Å². The molecular weight excluding hydrogens is 337 g/mol. The quantitative estimate of drug-likeness (QED) is 0.780. The first-order valence-electron chi connectivity index (χ1n) is 7.16. The van der Waals surface area contributed by atoms with Gasteiger partial charge in [0.15, 0.2) is 5.58 Å². The van der Waals surface area contributed by atoms with E-state index < -0.39 is 12.1 Å². The summed E-state index contributed by atoms with van der Waals surface area (Å²) in [5, 5.41) is 0. The highest BCUT2D eigenvalue weighted by molar-refractivity contribution is 5.80. The van der Waals surface area contributed by atoms with Crippen LogP contribution in [-0.2, 0) is 6.54 Å². The Morgan fingerprint density at radius 3 is 2.40 bits per heavy atom. The second-order valence-electron chi connectivity index (χ2n) is 5.37. The van der Waals surface area contributed by atoms with Crippen LogP contribution in [0.3, 0.4) is 0 Å². The highest BCUT2D eigenvalue weighted by Gasteiger charge is 2.30. The fraction of sp³-hybridized carbons (Fsp3) is 0.118. The molecule has 0 atom stereocenters. The maximum atomic E-state index is 12.2. The van der Waals surface area contributed by atoms with Crippen LogP contribution in [0.25, 0.3) is 22.2 Å². The highest BCUT2D eigenvalue weighted by Crippen LogP contribution is 2.28. The average molecular weight is 350 g/mol. The number of alkyl halides is 3. The van der Waals surface area contributed by atoms with E-state index in [0.29, 0.717) is 27.9 Å². The van der Waals surface area contributed by atoms with Crippen molar-refractivity contribution >= 4 is 11.1 Å². The van der Waals surface area contributed by atoms with Crippen molar-refractivity contribution in [3.05, 3.63) is 65.3 Å². The third-order valence-corrected chi connectivity index (χ3v) is 3.45. The number of ether oxygens (including phenoxy) is 1. The van der Waals surface area contributed by atoms with Gasteiger partial charge in [-0.25, -0.2) is 4.79 Å². The van der Waals surface area contributed by atoms with Crippen molar-refractivity contribution in [3.63, 3.8) is 0 Å². The van der Waals surface area contributed by atoms with Crippen LogP contribution >= 0.6 is 0 Å². The van der Waals surface area contributed by atoms with Gasteiger partial charge in [0.25, 0.3) is 0 Å². The van der Waals surface area contributed by atoms with E-state index in [-0.39, 0.29) is 12.3 Å². The number of allylic oxidation sites excluding steroid dienone is 1. The van der Waals surface area contributed by atoms with Crippen molar-refractivity contribution in [1.82, 2.24) is 4.57 Å². The van der Waals surface area contributed by atoms with Crippen LogP contribution in [0.1, 0.15) is 0 Å². The smallest absolute Gasteiger partial charge is 0.408 e. The van der Waals surface area contributed by atoms with Gasteiger partial charge in [0.05, 0.1) is 12.1 Å². The molecule has 0 spiro atoms. The normalized spacial score (nSPS) is 11.6. The molecule has 0 bridgehead atoms. The summed E-state index contributed by atoms with van der Waals surface area (Å²) in [6, 6.07) is 10.4. The first kappa shape index (κ1) is 16.7. The zero-order valence-corrected chi connectivity index (χ0v) is 12.8. The van der Waals surface area contributed by atoms with Crippen LogP contribution in [0.4, 0.5) is 13.2 Å². The van der Waals surface area contributed by atoms with Gasteiger partial charge in [-0.05, 0) is 35.4 Å². The molecule has 0 saturated carbocycles. The molecule has 2 aromatic carbocycles. The predicted molar refractivity (Wildman–Crippen MR) is 85.9 cm³/mol. The molecule has 25 heavy (non-hydrogen) atoms. The van der Waals surface area contributed by atoms with E-state index in [4.69, 9.17) is 10.2 Å². The number of fused-ring (bicyclic) bond motifs is 1. The number of halogens is 3. The Bertz CT molecular complexity index is 985. The Hall–Kier alpha value is -3.16. The second kappa shape index (κ2) is 6.04. The Morgan fingerprint density at radius 1 is 1.16 bits per heavy atom. The summed E-state index contributed by atoms with van der Waals surface area (Å²) in [5.74, 6) is -0.871. The molecule has 130 valence electrons. The second-order valence-corrected chi connectivity index (χ2v) is 5.37. The molecule has 0 aliphatic carbocycles. The summed E-state index contributed by atoms with van der Waals surface area (Å²) in [4.78, 5) is 11.9. The summed E-state index contributed by atoms with van der Waals surface area (Å²) < 4.78 is 46.9. The molecule has 0 aliphatic rings. The molecule has 1 aromatic heterocycles. The molecule has 3 rings (SSSR count). The van der Waals surface area contributed by atoms with Gasteiger partial charge in [-0.3, -0.25) is 4.57 Å². The monoisotopic (exact) mass is 350 g/mol. The number of aromatic nitrogens is 1. The van der Waals surface area contributed by atoms with Crippen LogP contribution in [0.2, 0.25) is 0 Å². The van der Waals surface area contributed by atoms with Crippen molar-refractivity contribution in [2.45, 2.75) is 12.9 Å². The standard InChI is InChI=1S/C17H13F3N2O3/c1-10(21)9-22-14-8-12(4-7-15(14)24-16(22)23)11-2-5-13(6-3-11)25-17(18,19)20/h2-8H,1,9,21H2. The molecular formula is C17H13F3N2O3. The SMILES string of the molecule is C=C(N)Cn1c(=O)oc2ccc(-c3ccc(OC(F)(F)F)cc3)cc21. The summed E-state index contributed by atoms with van der Waals surface area (Å²) in [7, 11) is 0. The molecule has 0 amide bonds. The van der Waals surface area contributed by atoms with Crippen molar-refractivity contribution in [3.8, 4) is 16.9 Å². The summed E-state index contributed by atoms with van der Waals surface area (Å²) >= 11 is 0. The number of hydrogen-bond donors (Lipinski definition) is 1. The zero-order chi connectivity index (χ0) is 18.2. The zero-order valence-electron chi connectivity index (χ0n) is 12.8. The molecule has 0 aliphatic heterocycles. The van der Waals surface area contributed by atoms with Crippen LogP contribution < -0.4 is 16.2 Å². The predicted octanol–water partition coefficient (Wildman–Crippen LogP) is 3.63. The lowest BCUT2D eigenvalue weighted by Gasteiger charge is -2.09. The number of hydrogen-bond acceptors (Lipinski definition) is 4. The van der Waals surface area contributed by atoms with Gasteiger partial charge in [-0.2, -0.15) is 0 Å². The Morgan fingerprint density at radius 2 is 1.80 bits per heavy atom. The summed E-state index contributed by atoms with van der Waals surface area (Å²) in [5.41, 5.74) is 8.11. The minimum Gasteiger partial charge on any atom is -0.408 e. The van der Waals surface area contributed by atoms with E-state index in [0.717, 1.165) is 0 Å². The van der Waals surface area contributed by atoms with Gasteiger partial charge in [0, 0.05) is 5.70 Å². The molecule has 2 N–H and O–H groups in total. The molecule has 0 unspecified atom stereocenters. The number of benzene rings is 2. The first-order chi connectivity index (χ1) is 11.7. The van der Waals surface area contributed by atoms with Gasteiger partial charge >= 0.3 is 12.1 Å². The fourth-order valence-corrected chi connectivity index (χ4v) is 2.44. The molecule has 0 fully saturated rings. The fourth-order valence-electron chi connectivity index (χ4n) is 2.44. The maximum Gasteiger partial charge on any atom is 0.573 e. The third-order valence-electron chi connectivity index (χ3n) is 3.45. The Labute approximate surface area is 139 Å². The van der Waals surface area contributed by atoms with E-state index in [9.17, 15) is 18.0 Å². The van der Waals surface area contributed by atoms with Crippen molar-refractivity contribution in [2.75, 3.05) is 0 Å². The lowest BCUT2D eigenvalue weighted by Crippen LogP contribution is -2.17. The number of rotatable bonds is 4. The third kappa shape index (κ3) is 3.68. The average Bonchev–Trinajstić information content (AvgIpc) is 2.81. The number of nitrogens with two attached hydrogens (primary N) is 1. The molecule has 1 heterocycles. The molecule has 8 heteroatoms. The van der Waals surface area contributed by atoms with Gasteiger partial charge in [-0.1, -0.05) is 24.8 Å². The first-order valence-corrected chi connectivity index (χ1v) is 7.16. The molecule has 0 saturated heterocycles. The number of nitrogens with zero attached hydrogens (tertiary/aromatic N) is 1. The van der Waals surface area contributed by atoms with E-state index in [2.05, 4.69) is 11.3 Å². The summed E-state index contributed by atoms with van der Waals surface area (Å²) in [6.07, 6.45) is -4.74. The van der Waals surface area contributed by atoms with Crippen LogP contribution in [0.15, 0.2) is 64.0 Å². The Balaban J connectivity index is 1.98.